The molecule has 3 aromatic carbocycles. The van der Waals surface area contributed by atoms with Crippen molar-refractivity contribution in [1.29, 1.82) is 0 Å². The Hall–Kier alpha value is -4.50. The van der Waals surface area contributed by atoms with Crippen LogP contribution in [0.2, 0.25) is 0 Å². The van der Waals surface area contributed by atoms with Crippen molar-refractivity contribution in [3.63, 3.8) is 0 Å². The molecule has 2 heterocycles. The number of nitrogens with one attached hydrogen (secondary N) is 2. The minimum atomic E-state index is -1.43. The van der Waals surface area contributed by atoms with Crippen molar-refractivity contribution in [2.75, 3.05) is 0 Å². The lowest BCUT2D eigenvalue weighted by Gasteiger charge is -2.23. The molecule has 1 aliphatic carbocycles. The Morgan fingerprint density at radius 2 is 1.95 bits per heavy atom. The topological polar surface area (TPSA) is 111 Å². The number of carboxylic acid groups (broad SMARTS) is 1. The van der Waals surface area contributed by atoms with Crippen LogP contribution < -0.4 is 4.74 Å². The Bertz CT molecular complexity index is 1690. The number of ether oxygens (including phenoxy) is 1. The highest BCUT2D eigenvalue weighted by molar-refractivity contribution is 5.82. The van der Waals surface area contributed by atoms with Crippen molar-refractivity contribution < 1.29 is 28.5 Å². The number of H-pyrrole nitrogens is 2. The molecular formula is C29H23F2N3O4. The molecule has 0 amide bonds. The fraction of sp³-hybridized carbons (Fsp3) is 0.172. The number of halogens is 2. The Morgan fingerprint density at radius 1 is 1.13 bits per heavy atom. The summed E-state index contributed by atoms with van der Waals surface area (Å²) in [5, 5.41) is 20.9. The fourth-order valence-corrected chi connectivity index (χ4v) is 4.81. The van der Waals surface area contributed by atoms with E-state index >= 15 is 0 Å². The van der Waals surface area contributed by atoms with Crippen LogP contribution in [0.1, 0.15) is 36.1 Å². The molecule has 1 fully saturated rings. The van der Waals surface area contributed by atoms with Crippen molar-refractivity contribution in [3.8, 4) is 22.9 Å². The van der Waals surface area contributed by atoms with Crippen LogP contribution in [0.25, 0.3) is 22.3 Å². The summed E-state index contributed by atoms with van der Waals surface area (Å²) in [6.45, 7) is 1.63. The third kappa shape index (κ3) is 4.10. The quantitative estimate of drug-likeness (QED) is 0.210. The standard InChI is InChI=1S/C29H23F2N3O4/c1-29(37,17-6-2-4-15(10-17)20-12-21(20)28(35)36)24-14-33-27(34-24)16-5-3-7-18(11-16)38-26-22(30)13-23-19(25(26)31)8-9-32-23/h2-11,13-14,20-21,32,37H,12H2,1H3,(H,33,34)(H,35,36)/t20?,21-,29?/m1/s1. The van der Waals surface area contributed by atoms with Gasteiger partial charge in [0.15, 0.2) is 17.4 Å². The van der Waals surface area contributed by atoms with Gasteiger partial charge in [-0.1, -0.05) is 36.4 Å². The summed E-state index contributed by atoms with van der Waals surface area (Å²) in [4.78, 5) is 21.6. The van der Waals surface area contributed by atoms with Gasteiger partial charge >= 0.3 is 5.97 Å². The molecule has 3 atom stereocenters. The fourth-order valence-electron chi connectivity index (χ4n) is 4.81. The second-order valence-corrected chi connectivity index (χ2v) is 9.70. The third-order valence-electron chi connectivity index (χ3n) is 7.11. The first-order chi connectivity index (χ1) is 18.2. The Labute approximate surface area is 215 Å². The van der Waals surface area contributed by atoms with E-state index < -0.39 is 34.9 Å². The van der Waals surface area contributed by atoms with Crippen LogP contribution in [0.5, 0.6) is 11.5 Å². The van der Waals surface area contributed by atoms with Gasteiger partial charge in [-0.05, 0) is 48.6 Å². The van der Waals surface area contributed by atoms with Crippen LogP contribution in [-0.2, 0) is 10.4 Å². The van der Waals surface area contributed by atoms with Gasteiger partial charge in [0.1, 0.15) is 17.2 Å². The highest BCUT2D eigenvalue weighted by Crippen LogP contribution is 2.48. The molecule has 0 bridgehead atoms. The summed E-state index contributed by atoms with van der Waals surface area (Å²) in [5.41, 5.74) is 1.39. The van der Waals surface area contributed by atoms with Gasteiger partial charge in [0.05, 0.1) is 23.3 Å². The van der Waals surface area contributed by atoms with Crippen LogP contribution >= 0.6 is 0 Å². The van der Waals surface area contributed by atoms with E-state index in [0.29, 0.717) is 34.6 Å². The monoisotopic (exact) mass is 515 g/mol. The molecule has 9 heteroatoms. The third-order valence-corrected chi connectivity index (χ3v) is 7.11. The average Bonchev–Trinajstić information content (AvgIpc) is 3.30. The lowest BCUT2D eigenvalue weighted by Crippen LogP contribution is -2.23. The van der Waals surface area contributed by atoms with Crippen LogP contribution in [0.4, 0.5) is 8.78 Å². The van der Waals surface area contributed by atoms with Crippen molar-refractivity contribution in [2.24, 2.45) is 5.92 Å². The molecule has 192 valence electrons. The number of aliphatic hydroxyl groups is 1. The summed E-state index contributed by atoms with van der Waals surface area (Å²) in [6, 6.07) is 16.6. The highest BCUT2D eigenvalue weighted by Gasteiger charge is 2.44. The Kier molecular flexibility index (Phi) is 5.53. The van der Waals surface area contributed by atoms with E-state index in [1.807, 2.05) is 12.1 Å². The summed E-state index contributed by atoms with van der Waals surface area (Å²) >= 11 is 0. The molecule has 5 aromatic rings. The van der Waals surface area contributed by atoms with E-state index in [4.69, 9.17) is 4.74 Å². The minimum Gasteiger partial charge on any atom is -0.481 e. The number of aromatic nitrogens is 3. The van der Waals surface area contributed by atoms with Gasteiger partial charge in [-0.3, -0.25) is 4.79 Å². The number of aromatic amines is 2. The van der Waals surface area contributed by atoms with E-state index in [1.165, 1.54) is 24.5 Å². The van der Waals surface area contributed by atoms with Crippen LogP contribution in [0.3, 0.4) is 0 Å². The van der Waals surface area contributed by atoms with E-state index in [-0.39, 0.29) is 17.1 Å². The SMILES string of the molecule is CC(O)(c1cccc(C2C[C@H]2C(=O)O)c1)c1cnc(-c2cccc(Oc3c(F)cc4[nH]ccc4c3F)c2)[nH]1. The predicted octanol–water partition coefficient (Wildman–Crippen LogP) is 6.07. The molecule has 0 spiro atoms. The number of carboxylic acids is 1. The summed E-state index contributed by atoms with van der Waals surface area (Å²) in [6.07, 6.45) is 3.63. The number of nitrogens with zero attached hydrogens (tertiary/aromatic N) is 1. The maximum Gasteiger partial charge on any atom is 0.307 e. The van der Waals surface area contributed by atoms with Crippen molar-refractivity contribution in [1.82, 2.24) is 15.0 Å². The lowest BCUT2D eigenvalue weighted by atomic mass is 9.91. The van der Waals surface area contributed by atoms with Gasteiger partial charge in [0, 0.05) is 23.2 Å². The van der Waals surface area contributed by atoms with Crippen LogP contribution in [-0.4, -0.2) is 31.1 Å². The molecule has 0 saturated heterocycles. The zero-order chi connectivity index (χ0) is 26.6. The molecular weight excluding hydrogens is 492 g/mol. The van der Waals surface area contributed by atoms with Crippen molar-refractivity contribution in [2.45, 2.75) is 24.9 Å². The van der Waals surface area contributed by atoms with Gasteiger partial charge in [0.2, 0.25) is 0 Å². The number of hydrogen-bond donors (Lipinski definition) is 4. The van der Waals surface area contributed by atoms with Crippen molar-refractivity contribution >= 4 is 16.9 Å². The second kappa shape index (κ2) is 8.81. The average molecular weight is 516 g/mol. The number of hydrogen-bond acceptors (Lipinski definition) is 4. The van der Waals surface area contributed by atoms with Crippen molar-refractivity contribution in [3.05, 3.63) is 102 Å². The first-order valence-corrected chi connectivity index (χ1v) is 12.1. The van der Waals surface area contributed by atoms with Gasteiger partial charge in [-0.2, -0.15) is 0 Å². The maximum atomic E-state index is 14.9. The van der Waals surface area contributed by atoms with Crippen LogP contribution in [0.15, 0.2) is 73.1 Å². The summed E-state index contributed by atoms with van der Waals surface area (Å²) in [5.74, 6) is -2.76. The van der Waals surface area contributed by atoms with Gasteiger partial charge in [0.25, 0.3) is 0 Å². The molecule has 6 rings (SSSR count). The van der Waals surface area contributed by atoms with Gasteiger partial charge in [-0.25, -0.2) is 13.8 Å². The smallest absolute Gasteiger partial charge is 0.307 e. The number of carbonyl (C=O) groups is 1. The normalized spacial score (nSPS) is 18.3. The number of fused-ring (bicyclic) bond motifs is 1. The summed E-state index contributed by atoms with van der Waals surface area (Å²) in [7, 11) is 0. The number of imidazole rings is 1. The summed E-state index contributed by atoms with van der Waals surface area (Å²) < 4.78 is 35.0. The Balaban J connectivity index is 1.26. The maximum absolute atomic E-state index is 14.9. The second-order valence-electron chi connectivity index (χ2n) is 9.70. The van der Waals surface area contributed by atoms with E-state index in [9.17, 15) is 23.8 Å². The molecule has 4 N–H and O–H groups in total. The molecule has 0 aliphatic heterocycles. The number of rotatable bonds is 7. The molecule has 1 saturated carbocycles. The molecule has 2 unspecified atom stereocenters. The highest BCUT2D eigenvalue weighted by atomic mass is 19.1. The zero-order valence-corrected chi connectivity index (χ0v) is 20.2. The number of benzene rings is 3. The molecule has 1 aliphatic rings. The van der Waals surface area contributed by atoms with E-state index in [0.717, 1.165) is 5.56 Å². The number of aliphatic carboxylic acids is 1. The first-order valence-electron chi connectivity index (χ1n) is 12.1. The van der Waals surface area contributed by atoms with Gasteiger partial charge in [-0.15, -0.1) is 0 Å². The molecule has 7 nitrogen and oxygen atoms in total. The van der Waals surface area contributed by atoms with E-state index in [1.54, 1.807) is 43.3 Å². The lowest BCUT2D eigenvalue weighted by molar-refractivity contribution is -0.138. The first kappa shape index (κ1) is 23.9. The van der Waals surface area contributed by atoms with E-state index in [2.05, 4.69) is 15.0 Å². The minimum absolute atomic E-state index is 0.0593. The van der Waals surface area contributed by atoms with Gasteiger partial charge < -0.3 is 24.9 Å². The zero-order valence-electron chi connectivity index (χ0n) is 20.2. The molecule has 38 heavy (non-hydrogen) atoms. The molecule has 0 radical (unpaired) electrons. The molecule has 2 aromatic heterocycles. The van der Waals surface area contributed by atoms with Crippen LogP contribution in [0, 0.1) is 17.6 Å². The predicted molar refractivity (Wildman–Crippen MR) is 136 cm³/mol. The largest absolute Gasteiger partial charge is 0.481 e. The Morgan fingerprint density at radius 3 is 2.74 bits per heavy atom.